The van der Waals surface area contributed by atoms with E-state index in [1.54, 1.807) is 11.3 Å². The standard InChI is InChI=1S/C22H18N4O3S/c27-20(23-10-14-6-7-17-18(8-14)29-13-28-17)11-24-21-16-9-19(15-4-2-1-3-5-15)30-22(16)26-12-25-21/h1-9,12H,10-11,13H2,(H,23,27)(H,24,25,26). The molecule has 0 atom stereocenters. The van der Waals surface area contributed by atoms with Gasteiger partial charge in [0, 0.05) is 11.4 Å². The molecule has 0 fully saturated rings. The molecule has 1 amide bonds. The second-order valence-corrected chi connectivity index (χ2v) is 7.77. The third-order valence-corrected chi connectivity index (χ3v) is 5.82. The van der Waals surface area contributed by atoms with Crippen molar-refractivity contribution >= 4 is 33.3 Å². The largest absolute Gasteiger partial charge is 0.454 e. The van der Waals surface area contributed by atoms with E-state index in [1.807, 2.05) is 36.4 Å². The lowest BCUT2D eigenvalue weighted by molar-refractivity contribution is -0.119. The van der Waals surface area contributed by atoms with Gasteiger partial charge in [-0.3, -0.25) is 4.79 Å². The number of rotatable bonds is 6. The van der Waals surface area contributed by atoms with E-state index >= 15 is 0 Å². The number of amides is 1. The fourth-order valence-corrected chi connectivity index (χ4v) is 4.22. The van der Waals surface area contributed by atoms with Gasteiger partial charge >= 0.3 is 0 Å². The van der Waals surface area contributed by atoms with Crippen molar-refractivity contribution in [3.8, 4) is 21.9 Å². The van der Waals surface area contributed by atoms with Crippen LogP contribution in [0.15, 0.2) is 60.9 Å². The maximum atomic E-state index is 12.3. The van der Waals surface area contributed by atoms with Crippen molar-refractivity contribution in [3.63, 3.8) is 0 Å². The molecular formula is C22H18N4O3S. The van der Waals surface area contributed by atoms with E-state index < -0.39 is 0 Å². The number of fused-ring (bicyclic) bond motifs is 2. The van der Waals surface area contributed by atoms with Crippen molar-refractivity contribution in [1.29, 1.82) is 0 Å². The predicted molar refractivity (Wildman–Crippen MR) is 116 cm³/mol. The summed E-state index contributed by atoms with van der Waals surface area (Å²) in [6.07, 6.45) is 1.51. The first-order valence-corrected chi connectivity index (χ1v) is 10.3. The zero-order valence-corrected chi connectivity index (χ0v) is 16.7. The molecule has 0 unspecified atom stereocenters. The lowest BCUT2D eigenvalue weighted by Gasteiger charge is -2.08. The Morgan fingerprint density at radius 1 is 1.03 bits per heavy atom. The van der Waals surface area contributed by atoms with Crippen molar-refractivity contribution in [3.05, 3.63) is 66.5 Å². The summed E-state index contributed by atoms with van der Waals surface area (Å²) >= 11 is 1.60. The predicted octanol–water partition coefficient (Wildman–Crippen LogP) is 3.82. The van der Waals surface area contributed by atoms with E-state index in [9.17, 15) is 4.79 Å². The van der Waals surface area contributed by atoms with Crippen molar-refractivity contribution in [2.75, 3.05) is 18.7 Å². The second-order valence-electron chi connectivity index (χ2n) is 6.74. The molecule has 0 spiro atoms. The van der Waals surface area contributed by atoms with Gasteiger partial charge in [0.2, 0.25) is 12.7 Å². The molecular weight excluding hydrogens is 400 g/mol. The average molecular weight is 418 g/mol. The number of nitrogens with zero attached hydrogens (tertiary/aromatic N) is 2. The summed E-state index contributed by atoms with van der Waals surface area (Å²) in [7, 11) is 0. The molecule has 5 rings (SSSR count). The highest BCUT2D eigenvalue weighted by Gasteiger charge is 2.14. The van der Waals surface area contributed by atoms with Crippen LogP contribution < -0.4 is 20.1 Å². The number of nitrogens with one attached hydrogen (secondary N) is 2. The van der Waals surface area contributed by atoms with Crippen LogP contribution in [-0.2, 0) is 11.3 Å². The molecule has 2 aromatic carbocycles. The number of hydrogen-bond donors (Lipinski definition) is 2. The molecule has 7 nitrogen and oxygen atoms in total. The molecule has 1 aliphatic rings. The summed E-state index contributed by atoms with van der Waals surface area (Å²) in [5.74, 6) is 1.95. The quantitative estimate of drug-likeness (QED) is 0.495. The van der Waals surface area contributed by atoms with Crippen LogP contribution >= 0.6 is 11.3 Å². The Morgan fingerprint density at radius 2 is 1.90 bits per heavy atom. The number of thiophene rings is 1. The number of aromatic nitrogens is 2. The van der Waals surface area contributed by atoms with E-state index in [0.717, 1.165) is 32.0 Å². The molecule has 30 heavy (non-hydrogen) atoms. The molecule has 8 heteroatoms. The summed E-state index contributed by atoms with van der Waals surface area (Å²) in [5.41, 5.74) is 2.08. The van der Waals surface area contributed by atoms with E-state index in [2.05, 4.69) is 38.8 Å². The lowest BCUT2D eigenvalue weighted by atomic mass is 10.2. The van der Waals surface area contributed by atoms with Crippen LogP contribution in [0.1, 0.15) is 5.56 Å². The highest BCUT2D eigenvalue weighted by molar-refractivity contribution is 7.21. The van der Waals surface area contributed by atoms with Crippen LogP contribution in [0.3, 0.4) is 0 Å². The van der Waals surface area contributed by atoms with Crippen molar-refractivity contribution in [2.24, 2.45) is 0 Å². The molecule has 0 radical (unpaired) electrons. The smallest absolute Gasteiger partial charge is 0.239 e. The van der Waals surface area contributed by atoms with Gasteiger partial charge in [-0.05, 0) is 29.3 Å². The highest BCUT2D eigenvalue weighted by atomic mass is 32.1. The van der Waals surface area contributed by atoms with Crippen LogP contribution in [0.5, 0.6) is 11.5 Å². The number of hydrogen-bond acceptors (Lipinski definition) is 7. The maximum Gasteiger partial charge on any atom is 0.239 e. The zero-order valence-electron chi connectivity index (χ0n) is 15.9. The summed E-state index contributed by atoms with van der Waals surface area (Å²) in [6.45, 7) is 0.761. The fraction of sp³-hybridized carbons (Fsp3) is 0.136. The van der Waals surface area contributed by atoms with Gasteiger partial charge in [0.05, 0.1) is 11.9 Å². The fourth-order valence-electron chi connectivity index (χ4n) is 3.22. The number of ether oxygens (including phenoxy) is 2. The van der Waals surface area contributed by atoms with Crippen molar-refractivity contribution in [2.45, 2.75) is 6.54 Å². The van der Waals surface area contributed by atoms with Crippen molar-refractivity contribution < 1.29 is 14.3 Å². The molecule has 0 bridgehead atoms. The van der Waals surface area contributed by atoms with Crippen LogP contribution in [0.25, 0.3) is 20.7 Å². The minimum Gasteiger partial charge on any atom is -0.454 e. The maximum absolute atomic E-state index is 12.3. The molecule has 4 aromatic rings. The topological polar surface area (TPSA) is 85.4 Å². The molecule has 150 valence electrons. The highest BCUT2D eigenvalue weighted by Crippen LogP contribution is 2.35. The summed E-state index contributed by atoms with van der Waals surface area (Å²) in [5, 5.41) is 6.94. The third-order valence-electron chi connectivity index (χ3n) is 4.73. The first-order valence-electron chi connectivity index (χ1n) is 9.45. The monoisotopic (exact) mass is 418 g/mol. The third kappa shape index (κ3) is 3.77. The number of anilines is 1. The molecule has 2 N–H and O–H groups in total. The number of benzene rings is 2. The first kappa shape index (κ1) is 18.4. The van der Waals surface area contributed by atoms with Gasteiger partial charge in [-0.1, -0.05) is 36.4 Å². The first-order chi connectivity index (χ1) is 14.8. The van der Waals surface area contributed by atoms with E-state index in [1.165, 1.54) is 6.33 Å². The van der Waals surface area contributed by atoms with Crippen LogP contribution in [0.2, 0.25) is 0 Å². The summed E-state index contributed by atoms with van der Waals surface area (Å²) in [6, 6.07) is 17.8. The van der Waals surface area contributed by atoms with Gasteiger partial charge in [0.25, 0.3) is 0 Å². The Balaban J connectivity index is 1.23. The van der Waals surface area contributed by atoms with Crippen LogP contribution in [-0.4, -0.2) is 29.2 Å². The summed E-state index contributed by atoms with van der Waals surface area (Å²) in [4.78, 5) is 23.0. The Hall–Kier alpha value is -3.65. The van der Waals surface area contributed by atoms with E-state index in [4.69, 9.17) is 9.47 Å². The molecule has 1 aliphatic heterocycles. The van der Waals surface area contributed by atoms with Gasteiger partial charge in [0.15, 0.2) is 11.5 Å². The van der Waals surface area contributed by atoms with Crippen molar-refractivity contribution in [1.82, 2.24) is 15.3 Å². The minimum absolute atomic E-state index is 0.118. The van der Waals surface area contributed by atoms with Gasteiger partial charge < -0.3 is 20.1 Å². The van der Waals surface area contributed by atoms with E-state index in [0.29, 0.717) is 18.1 Å². The Bertz CT molecular complexity index is 1210. The Labute approximate surface area is 176 Å². The molecule has 0 saturated heterocycles. The van der Waals surface area contributed by atoms with Gasteiger partial charge in [-0.2, -0.15) is 0 Å². The SMILES string of the molecule is O=C(CNc1ncnc2sc(-c3ccccc3)cc12)NCc1ccc2c(c1)OCO2. The van der Waals surface area contributed by atoms with Gasteiger partial charge in [-0.25, -0.2) is 9.97 Å². The zero-order chi connectivity index (χ0) is 20.3. The van der Waals surface area contributed by atoms with Gasteiger partial charge in [0.1, 0.15) is 17.0 Å². The summed E-state index contributed by atoms with van der Waals surface area (Å²) < 4.78 is 10.7. The molecule has 0 saturated carbocycles. The lowest BCUT2D eigenvalue weighted by Crippen LogP contribution is -2.29. The minimum atomic E-state index is -0.127. The van der Waals surface area contributed by atoms with Crippen LogP contribution in [0, 0.1) is 0 Å². The second kappa shape index (κ2) is 8.00. The van der Waals surface area contributed by atoms with E-state index in [-0.39, 0.29) is 19.2 Å². The molecule has 3 heterocycles. The van der Waals surface area contributed by atoms with Gasteiger partial charge in [-0.15, -0.1) is 11.3 Å². The molecule has 0 aliphatic carbocycles. The average Bonchev–Trinajstić information content (AvgIpc) is 3.43. The van der Waals surface area contributed by atoms with Crippen LogP contribution in [0.4, 0.5) is 5.82 Å². The number of carbonyl (C=O) groups excluding carboxylic acids is 1. The molecule has 2 aromatic heterocycles. The number of carbonyl (C=O) groups is 1. The Morgan fingerprint density at radius 3 is 2.80 bits per heavy atom. The normalized spacial score (nSPS) is 12.1. The Kier molecular flexibility index (Phi) is 4.90.